The summed E-state index contributed by atoms with van der Waals surface area (Å²) in [6.45, 7) is 0.302. The van der Waals surface area contributed by atoms with E-state index in [1.54, 1.807) is 34.8 Å². The van der Waals surface area contributed by atoms with Crippen LogP contribution in [0.3, 0.4) is 0 Å². The minimum atomic E-state index is -0.117. The van der Waals surface area contributed by atoms with Gasteiger partial charge in [-0.1, -0.05) is 60.7 Å². The summed E-state index contributed by atoms with van der Waals surface area (Å²) < 4.78 is 5.45. The zero-order chi connectivity index (χ0) is 22.5. The van der Waals surface area contributed by atoms with E-state index in [0.29, 0.717) is 22.4 Å². The molecule has 4 aromatic rings. The van der Waals surface area contributed by atoms with Crippen LogP contribution >= 0.6 is 23.1 Å². The number of amidine groups is 1. The molecule has 33 heavy (non-hydrogen) atoms. The molecule has 2 aromatic heterocycles. The summed E-state index contributed by atoms with van der Waals surface area (Å²) in [6, 6.07) is 25.9. The molecule has 162 valence electrons. The topological polar surface area (TPSA) is 58.2 Å². The molecule has 0 N–H and O–H groups in total. The van der Waals surface area contributed by atoms with E-state index >= 15 is 0 Å². The molecule has 2 aromatic carbocycles. The van der Waals surface area contributed by atoms with Crippen LogP contribution in [0.5, 0.6) is 0 Å². The summed E-state index contributed by atoms with van der Waals surface area (Å²) in [5.41, 5.74) is 3.24. The van der Waals surface area contributed by atoms with E-state index in [2.05, 4.69) is 34.5 Å². The molecule has 0 bridgehead atoms. The van der Waals surface area contributed by atoms with Gasteiger partial charge >= 0.3 is 0 Å². The Kier molecular flexibility index (Phi) is 6.32. The second-order valence-corrected chi connectivity index (χ2v) is 9.20. The number of benzene rings is 2. The Hall–Kier alpha value is -3.68. The molecule has 1 amide bonds. The van der Waals surface area contributed by atoms with E-state index in [1.807, 2.05) is 60.0 Å². The van der Waals surface area contributed by atoms with Crippen molar-refractivity contribution in [1.29, 1.82) is 0 Å². The first-order chi connectivity index (χ1) is 16.3. The van der Waals surface area contributed by atoms with Gasteiger partial charge in [-0.25, -0.2) is 0 Å². The lowest BCUT2D eigenvalue weighted by Crippen LogP contribution is -2.28. The van der Waals surface area contributed by atoms with Gasteiger partial charge in [-0.2, -0.15) is 5.10 Å². The van der Waals surface area contributed by atoms with Gasteiger partial charge in [0.25, 0.3) is 5.91 Å². The lowest BCUT2D eigenvalue weighted by atomic mass is 10.0. The Morgan fingerprint density at radius 3 is 2.45 bits per heavy atom. The Bertz CT molecular complexity index is 1310. The van der Waals surface area contributed by atoms with Crippen LogP contribution in [0.1, 0.15) is 16.2 Å². The van der Waals surface area contributed by atoms with Gasteiger partial charge in [0.05, 0.1) is 23.9 Å². The summed E-state index contributed by atoms with van der Waals surface area (Å²) >= 11 is 2.90. The normalized spacial score (nSPS) is 16.5. The van der Waals surface area contributed by atoms with Gasteiger partial charge in [0.15, 0.2) is 5.17 Å². The lowest BCUT2D eigenvalue weighted by Gasteiger charge is -2.12. The van der Waals surface area contributed by atoms with Crippen molar-refractivity contribution in [3.05, 3.63) is 112 Å². The molecule has 0 atom stereocenters. The fourth-order valence-corrected chi connectivity index (χ4v) is 4.85. The number of thiophene rings is 1. The van der Waals surface area contributed by atoms with Crippen LogP contribution in [-0.2, 0) is 11.3 Å². The highest BCUT2D eigenvalue weighted by Crippen LogP contribution is 2.34. The Morgan fingerprint density at radius 2 is 1.73 bits per heavy atom. The fourth-order valence-electron chi connectivity index (χ4n) is 3.33. The maximum absolute atomic E-state index is 13.2. The van der Waals surface area contributed by atoms with Gasteiger partial charge < -0.3 is 4.42 Å². The molecule has 1 saturated heterocycles. The van der Waals surface area contributed by atoms with E-state index in [1.165, 1.54) is 11.8 Å². The van der Waals surface area contributed by atoms with E-state index in [-0.39, 0.29) is 5.91 Å². The van der Waals surface area contributed by atoms with Crippen molar-refractivity contribution in [3.63, 3.8) is 0 Å². The Balaban J connectivity index is 1.40. The van der Waals surface area contributed by atoms with E-state index in [9.17, 15) is 4.79 Å². The Morgan fingerprint density at radius 1 is 0.909 bits per heavy atom. The molecule has 0 unspecified atom stereocenters. The van der Waals surface area contributed by atoms with Gasteiger partial charge in [-0.3, -0.25) is 9.69 Å². The summed E-state index contributed by atoms with van der Waals surface area (Å²) in [6.07, 6.45) is 5.18. The summed E-state index contributed by atoms with van der Waals surface area (Å²) in [7, 11) is 0. The fraction of sp³-hybridized carbons (Fsp3) is 0.0385. The standard InChI is InChI=1S/C26H19N3O2S2/c30-25-24(16-19-10-12-21(13-11-19)20-6-2-1-3-7-20)33-26(28-27-17-23-9-5-15-32-23)29(25)18-22-8-4-14-31-22/h1-17H,18H2/b24-16-,27-17+,28-26+. The van der Waals surface area contributed by atoms with Crippen molar-refractivity contribution < 1.29 is 9.21 Å². The second-order valence-electron chi connectivity index (χ2n) is 7.21. The lowest BCUT2D eigenvalue weighted by molar-refractivity contribution is -0.122. The maximum Gasteiger partial charge on any atom is 0.267 e. The van der Waals surface area contributed by atoms with Gasteiger partial charge in [0, 0.05) is 4.88 Å². The van der Waals surface area contributed by atoms with Crippen LogP contribution in [0.2, 0.25) is 0 Å². The number of nitrogens with zero attached hydrogens (tertiary/aromatic N) is 3. The van der Waals surface area contributed by atoms with Crippen LogP contribution < -0.4 is 0 Å². The molecule has 1 aliphatic heterocycles. The molecule has 5 rings (SSSR count). The molecule has 7 heteroatoms. The zero-order valence-electron chi connectivity index (χ0n) is 17.5. The van der Waals surface area contributed by atoms with Crippen molar-refractivity contribution in [3.8, 4) is 11.1 Å². The van der Waals surface area contributed by atoms with Crippen LogP contribution in [0.25, 0.3) is 17.2 Å². The number of carbonyl (C=O) groups excluding carboxylic acids is 1. The largest absolute Gasteiger partial charge is 0.467 e. The highest BCUT2D eigenvalue weighted by molar-refractivity contribution is 8.18. The average molecular weight is 470 g/mol. The van der Waals surface area contributed by atoms with Crippen LogP contribution in [-0.4, -0.2) is 22.2 Å². The van der Waals surface area contributed by atoms with Crippen LogP contribution in [0, 0.1) is 0 Å². The third-order valence-electron chi connectivity index (χ3n) is 4.97. The maximum atomic E-state index is 13.2. The minimum absolute atomic E-state index is 0.117. The molecule has 1 aliphatic rings. The molecule has 1 fully saturated rings. The molecule has 3 heterocycles. The highest BCUT2D eigenvalue weighted by Gasteiger charge is 2.34. The molecule has 0 radical (unpaired) electrons. The van der Waals surface area contributed by atoms with Crippen LogP contribution in [0.4, 0.5) is 0 Å². The number of thioether (sulfide) groups is 1. The second kappa shape index (κ2) is 9.85. The summed E-state index contributed by atoms with van der Waals surface area (Å²) in [5.74, 6) is 0.570. The third kappa shape index (κ3) is 5.05. The van der Waals surface area contributed by atoms with Gasteiger partial charge in [0.1, 0.15) is 5.76 Å². The van der Waals surface area contributed by atoms with Gasteiger partial charge in [0.2, 0.25) is 0 Å². The number of hydrogen-bond acceptors (Lipinski definition) is 6. The SMILES string of the molecule is O=C1/C(=C/c2ccc(-c3ccccc3)cc2)S/C(=N/N=C/c2cccs2)N1Cc1ccco1. The molecule has 0 saturated carbocycles. The monoisotopic (exact) mass is 469 g/mol. The van der Waals surface area contributed by atoms with Crippen molar-refractivity contribution in [2.75, 3.05) is 0 Å². The average Bonchev–Trinajstić information content (AvgIpc) is 3.61. The van der Waals surface area contributed by atoms with Crippen molar-refractivity contribution >= 4 is 46.5 Å². The summed E-state index contributed by atoms with van der Waals surface area (Å²) in [4.78, 5) is 16.4. The molecule has 0 spiro atoms. The smallest absolute Gasteiger partial charge is 0.267 e. The highest BCUT2D eigenvalue weighted by atomic mass is 32.2. The number of rotatable bonds is 6. The van der Waals surface area contributed by atoms with Crippen LogP contribution in [0.15, 0.2) is 110 Å². The number of amides is 1. The first-order valence-electron chi connectivity index (χ1n) is 10.3. The molecular formula is C26H19N3O2S2. The first kappa shape index (κ1) is 21.2. The quantitative estimate of drug-likeness (QED) is 0.184. The third-order valence-corrected chi connectivity index (χ3v) is 6.77. The molecule has 5 nitrogen and oxygen atoms in total. The molecule has 0 aliphatic carbocycles. The van der Waals surface area contributed by atoms with E-state index in [4.69, 9.17) is 4.42 Å². The number of carbonyl (C=O) groups is 1. The molecular weight excluding hydrogens is 450 g/mol. The number of hydrogen-bond donors (Lipinski definition) is 0. The zero-order valence-corrected chi connectivity index (χ0v) is 19.1. The first-order valence-corrected chi connectivity index (χ1v) is 12.0. The van der Waals surface area contributed by atoms with Gasteiger partial charge in [-0.05, 0) is 58.1 Å². The Labute approximate surface area is 199 Å². The van der Waals surface area contributed by atoms with Gasteiger partial charge in [-0.15, -0.1) is 16.4 Å². The summed E-state index contributed by atoms with van der Waals surface area (Å²) in [5, 5.41) is 11.0. The minimum Gasteiger partial charge on any atom is -0.467 e. The van der Waals surface area contributed by atoms with Crippen molar-refractivity contribution in [2.24, 2.45) is 10.2 Å². The van der Waals surface area contributed by atoms with Crippen molar-refractivity contribution in [1.82, 2.24) is 4.90 Å². The predicted octanol–water partition coefficient (Wildman–Crippen LogP) is 6.51. The van der Waals surface area contributed by atoms with E-state index in [0.717, 1.165) is 21.6 Å². The van der Waals surface area contributed by atoms with Crippen molar-refractivity contribution in [2.45, 2.75) is 6.54 Å². The predicted molar refractivity (Wildman–Crippen MR) is 136 cm³/mol. The van der Waals surface area contributed by atoms with E-state index < -0.39 is 0 Å². The number of furan rings is 1.